The van der Waals surface area contributed by atoms with Crippen LogP contribution in [-0.4, -0.2) is 47.0 Å². The van der Waals surface area contributed by atoms with Crippen LogP contribution in [0, 0.1) is 5.41 Å². The van der Waals surface area contributed by atoms with Crippen molar-refractivity contribution in [2.75, 3.05) is 26.2 Å². The van der Waals surface area contributed by atoms with E-state index in [1.54, 1.807) is 0 Å². The molecule has 1 amide bonds. The van der Waals surface area contributed by atoms with Crippen molar-refractivity contribution in [1.82, 2.24) is 20.2 Å². The van der Waals surface area contributed by atoms with E-state index in [0.717, 1.165) is 49.5 Å². The van der Waals surface area contributed by atoms with Crippen LogP contribution < -0.4 is 5.32 Å². The minimum absolute atomic E-state index is 0.199. The number of para-hydroxylation sites is 2. The van der Waals surface area contributed by atoms with E-state index in [-0.39, 0.29) is 5.91 Å². The average Bonchev–Trinajstić information content (AvgIpc) is 3.13. The topological polar surface area (TPSA) is 61.0 Å². The first-order valence-electron chi connectivity index (χ1n) is 8.16. The number of carbonyl (C=O) groups is 1. The summed E-state index contributed by atoms with van der Waals surface area (Å²) in [7, 11) is 0. The third-order valence-electron chi connectivity index (χ3n) is 5.10. The molecule has 3 heterocycles. The fourth-order valence-corrected chi connectivity index (χ4v) is 3.91. The zero-order valence-electron chi connectivity index (χ0n) is 12.8. The van der Waals surface area contributed by atoms with Gasteiger partial charge in [0.05, 0.1) is 17.5 Å². The molecule has 1 spiro atoms. The highest BCUT2D eigenvalue weighted by molar-refractivity contribution is 5.80. The maximum atomic E-state index is 12.6. The predicted molar refractivity (Wildman–Crippen MR) is 85.5 cm³/mol. The van der Waals surface area contributed by atoms with Gasteiger partial charge in [0.2, 0.25) is 5.91 Å². The molecule has 2 aromatic rings. The Kier molecular flexibility index (Phi) is 3.37. The third-order valence-corrected chi connectivity index (χ3v) is 5.10. The molecule has 2 saturated heterocycles. The monoisotopic (exact) mass is 298 g/mol. The van der Waals surface area contributed by atoms with Crippen molar-refractivity contribution in [3.8, 4) is 0 Å². The van der Waals surface area contributed by atoms with Gasteiger partial charge in [0.25, 0.3) is 0 Å². The second kappa shape index (κ2) is 5.39. The van der Waals surface area contributed by atoms with E-state index in [2.05, 4.69) is 15.3 Å². The number of imidazole rings is 1. The van der Waals surface area contributed by atoms with Gasteiger partial charge in [-0.05, 0) is 37.9 Å². The van der Waals surface area contributed by atoms with Crippen LogP contribution >= 0.6 is 0 Å². The largest absolute Gasteiger partial charge is 0.342 e. The molecule has 2 fully saturated rings. The lowest BCUT2D eigenvalue weighted by Crippen LogP contribution is -2.47. The van der Waals surface area contributed by atoms with E-state index >= 15 is 0 Å². The molecule has 0 bridgehead atoms. The Bertz CT molecular complexity index is 654. The first-order chi connectivity index (χ1) is 10.7. The van der Waals surface area contributed by atoms with E-state index in [9.17, 15) is 4.79 Å². The number of rotatable bonds is 2. The fourth-order valence-electron chi connectivity index (χ4n) is 3.91. The second-order valence-electron chi connectivity index (χ2n) is 6.72. The molecule has 4 rings (SSSR count). The van der Waals surface area contributed by atoms with Crippen LogP contribution in [0.1, 0.15) is 25.1 Å². The van der Waals surface area contributed by atoms with Crippen LogP contribution in [0.3, 0.4) is 0 Å². The number of hydrogen-bond acceptors (Lipinski definition) is 3. The molecular formula is C17H22N4O. The number of amides is 1. The number of fused-ring (bicyclic) bond motifs is 1. The lowest BCUT2D eigenvalue weighted by Gasteiger charge is -2.40. The van der Waals surface area contributed by atoms with Gasteiger partial charge >= 0.3 is 0 Å². The van der Waals surface area contributed by atoms with Crippen molar-refractivity contribution in [1.29, 1.82) is 0 Å². The summed E-state index contributed by atoms with van der Waals surface area (Å²) in [6.07, 6.45) is 3.93. The first-order valence-corrected chi connectivity index (χ1v) is 8.16. The Balaban J connectivity index is 1.47. The number of nitrogens with one attached hydrogen (secondary N) is 2. The molecule has 2 aliphatic heterocycles. The molecule has 22 heavy (non-hydrogen) atoms. The van der Waals surface area contributed by atoms with Gasteiger partial charge in [0.15, 0.2) is 0 Å². The summed E-state index contributed by atoms with van der Waals surface area (Å²) in [4.78, 5) is 22.5. The minimum Gasteiger partial charge on any atom is -0.342 e. The number of carbonyl (C=O) groups excluding carboxylic acids is 1. The molecule has 5 heteroatoms. The summed E-state index contributed by atoms with van der Waals surface area (Å²) < 4.78 is 0. The molecule has 5 nitrogen and oxygen atoms in total. The van der Waals surface area contributed by atoms with Gasteiger partial charge in [-0.2, -0.15) is 0 Å². The fraction of sp³-hybridized carbons (Fsp3) is 0.529. The summed E-state index contributed by atoms with van der Waals surface area (Å²) in [5.74, 6) is 0.973. The lowest BCUT2D eigenvalue weighted by molar-refractivity contribution is -0.133. The van der Waals surface area contributed by atoms with E-state index < -0.39 is 0 Å². The Morgan fingerprint density at radius 1 is 1.32 bits per heavy atom. The molecule has 0 radical (unpaired) electrons. The van der Waals surface area contributed by atoms with E-state index in [4.69, 9.17) is 0 Å². The minimum atomic E-state index is 0.199. The zero-order valence-corrected chi connectivity index (χ0v) is 12.8. The highest BCUT2D eigenvalue weighted by atomic mass is 16.2. The number of aromatic amines is 1. The summed E-state index contributed by atoms with van der Waals surface area (Å²) in [5.41, 5.74) is 2.25. The average molecular weight is 298 g/mol. The number of likely N-dealkylation sites (tertiary alicyclic amines) is 1. The Morgan fingerprint density at radius 3 is 3.05 bits per heavy atom. The Hall–Kier alpha value is -1.88. The Labute approximate surface area is 130 Å². The van der Waals surface area contributed by atoms with Crippen molar-refractivity contribution >= 4 is 16.9 Å². The molecule has 2 N–H and O–H groups in total. The number of aromatic nitrogens is 2. The van der Waals surface area contributed by atoms with Gasteiger partial charge in [-0.3, -0.25) is 4.79 Å². The SMILES string of the molecule is O=C(Cc1nc2ccccc2[nH]1)N1CCCC2(CCNC2)C1. The summed E-state index contributed by atoms with van der Waals surface area (Å²) in [6, 6.07) is 7.92. The number of hydrogen-bond donors (Lipinski definition) is 2. The van der Waals surface area contributed by atoms with Crippen LogP contribution in [0.2, 0.25) is 0 Å². The van der Waals surface area contributed by atoms with Crippen LogP contribution in [0.5, 0.6) is 0 Å². The van der Waals surface area contributed by atoms with Gasteiger partial charge in [0, 0.05) is 25.0 Å². The molecular weight excluding hydrogens is 276 g/mol. The van der Waals surface area contributed by atoms with Gasteiger partial charge < -0.3 is 15.2 Å². The number of benzene rings is 1. The van der Waals surface area contributed by atoms with E-state index in [1.807, 2.05) is 29.2 Å². The Morgan fingerprint density at radius 2 is 2.23 bits per heavy atom. The number of nitrogens with zero attached hydrogens (tertiary/aromatic N) is 2. The van der Waals surface area contributed by atoms with Gasteiger partial charge in [0.1, 0.15) is 5.82 Å². The maximum absolute atomic E-state index is 12.6. The molecule has 1 unspecified atom stereocenters. The molecule has 2 aliphatic rings. The lowest BCUT2D eigenvalue weighted by atomic mass is 9.79. The zero-order chi connectivity index (χ0) is 15.0. The number of H-pyrrole nitrogens is 1. The standard InChI is InChI=1S/C17H22N4O/c22-16(10-15-19-13-4-1-2-5-14(13)20-15)21-9-3-6-17(12-21)7-8-18-11-17/h1-2,4-5,18H,3,6-12H2,(H,19,20). The van der Waals surface area contributed by atoms with Crippen molar-refractivity contribution in [3.63, 3.8) is 0 Å². The highest BCUT2D eigenvalue weighted by Gasteiger charge is 2.39. The van der Waals surface area contributed by atoms with Crippen LogP contribution in [0.25, 0.3) is 11.0 Å². The van der Waals surface area contributed by atoms with Gasteiger partial charge in [-0.15, -0.1) is 0 Å². The van der Waals surface area contributed by atoms with Crippen LogP contribution in [0.15, 0.2) is 24.3 Å². The first kappa shape index (κ1) is 13.8. The van der Waals surface area contributed by atoms with E-state index in [0.29, 0.717) is 11.8 Å². The van der Waals surface area contributed by atoms with Crippen LogP contribution in [0.4, 0.5) is 0 Å². The van der Waals surface area contributed by atoms with Gasteiger partial charge in [-0.25, -0.2) is 4.98 Å². The maximum Gasteiger partial charge on any atom is 0.230 e. The molecule has 1 aromatic carbocycles. The molecule has 1 aromatic heterocycles. The number of piperidine rings is 1. The summed E-state index contributed by atoms with van der Waals surface area (Å²) >= 11 is 0. The predicted octanol–water partition coefficient (Wildman–Crippen LogP) is 1.71. The highest BCUT2D eigenvalue weighted by Crippen LogP contribution is 2.35. The molecule has 0 aliphatic carbocycles. The normalized spacial score (nSPS) is 25.2. The van der Waals surface area contributed by atoms with Crippen molar-refractivity contribution in [3.05, 3.63) is 30.1 Å². The van der Waals surface area contributed by atoms with E-state index in [1.165, 1.54) is 12.8 Å². The smallest absolute Gasteiger partial charge is 0.230 e. The summed E-state index contributed by atoms with van der Waals surface area (Å²) in [5, 5.41) is 3.45. The molecule has 116 valence electrons. The molecule has 0 saturated carbocycles. The van der Waals surface area contributed by atoms with Crippen molar-refractivity contribution in [2.24, 2.45) is 5.41 Å². The third kappa shape index (κ3) is 2.50. The summed E-state index contributed by atoms with van der Waals surface area (Å²) in [6.45, 7) is 3.94. The second-order valence-corrected chi connectivity index (χ2v) is 6.72. The van der Waals surface area contributed by atoms with Crippen LogP contribution in [-0.2, 0) is 11.2 Å². The van der Waals surface area contributed by atoms with Gasteiger partial charge in [-0.1, -0.05) is 12.1 Å². The van der Waals surface area contributed by atoms with Crippen molar-refractivity contribution < 1.29 is 4.79 Å². The van der Waals surface area contributed by atoms with Crippen molar-refractivity contribution in [2.45, 2.75) is 25.7 Å². The quantitative estimate of drug-likeness (QED) is 0.887. The molecule has 1 atom stereocenters.